The molecule has 0 aromatic heterocycles. The number of fused-ring (bicyclic) bond motifs is 3. The first-order valence-corrected chi connectivity index (χ1v) is 20.1. The minimum absolute atomic E-state index is 0.0159. The summed E-state index contributed by atoms with van der Waals surface area (Å²) < 4.78 is 0. The Balaban J connectivity index is 1.33. The second kappa shape index (κ2) is 19.7. The van der Waals surface area contributed by atoms with E-state index in [4.69, 9.17) is 0 Å². The van der Waals surface area contributed by atoms with E-state index < -0.39 is 47.1 Å². The summed E-state index contributed by atoms with van der Waals surface area (Å²) in [6.07, 6.45) is 3.28. The van der Waals surface area contributed by atoms with Crippen molar-refractivity contribution in [1.29, 1.82) is 0 Å². The molecule has 2 aliphatic heterocycles. The van der Waals surface area contributed by atoms with Crippen molar-refractivity contribution in [3.05, 3.63) is 143 Å². The molecule has 4 aromatic carbocycles. The number of rotatable bonds is 7. The number of hydrogen-bond donors (Lipinski definition) is 5. The van der Waals surface area contributed by atoms with Gasteiger partial charge in [-0.05, 0) is 66.0 Å². The Hall–Kier alpha value is -6.89. The lowest BCUT2D eigenvalue weighted by atomic mass is 9.74. The normalized spacial score (nSPS) is 21.4. The molecule has 0 unspecified atom stereocenters. The first-order chi connectivity index (χ1) is 28.9. The fourth-order valence-electron chi connectivity index (χ4n) is 7.74. The van der Waals surface area contributed by atoms with Gasteiger partial charge in [-0.3, -0.25) is 28.8 Å². The molecule has 1 fully saturated rings. The third-order valence-electron chi connectivity index (χ3n) is 11.1. The van der Waals surface area contributed by atoms with Crippen molar-refractivity contribution >= 4 is 41.3 Å². The fraction of sp³-hybridized carbons (Fsp3) is 0.298. The van der Waals surface area contributed by atoms with Gasteiger partial charge < -0.3 is 31.3 Å². The number of benzene rings is 4. The number of piperidine rings is 1. The van der Waals surface area contributed by atoms with E-state index in [0.29, 0.717) is 42.5 Å². The molecular weight excluding hydrogens is 763 g/mol. The monoisotopic (exact) mass is 811 g/mol. The summed E-state index contributed by atoms with van der Waals surface area (Å²) in [5.41, 5.74) is 4.15. The first kappa shape index (κ1) is 42.7. The highest BCUT2D eigenvalue weighted by Crippen LogP contribution is 2.35. The third-order valence-corrected chi connectivity index (χ3v) is 11.1. The van der Waals surface area contributed by atoms with Crippen molar-refractivity contribution in [2.75, 3.05) is 19.6 Å². The maximum atomic E-state index is 14.8. The van der Waals surface area contributed by atoms with Gasteiger partial charge in [0.15, 0.2) is 5.78 Å². The molecule has 3 atom stereocenters. The van der Waals surface area contributed by atoms with Crippen LogP contribution in [0.2, 0.25) is 0 Å². The van der Waals surface area contributed by atoms with Crippen LogP contribution in [-0.2, 0) is 54.6 Å². The molecule has 0 radical (unpaired) electrons. The van der Waals surface area contributed by atoms with E-state index in [2.05, 4.69) is 21.3 Å². The number of nitrogens with zero attached hydrogens (tertiary/aromatic N) is 1. The number of hydrogen-bond acceptors (Lipinski definition) is 7. The van der Waals surface area contributed by atoms with Gasteiger partial charge in [0, 0.05) is 50.3 Å². The molecule has 0 spiro atoms. The van der Waals surface area contributed by atoms with E-state index in [1.165, 1.54) is 11.8 Å². The van der Waals surface area contributed by atoms with Gasteiger partial charge in [0.1, 0.15) is 12.1 Å². The molecule has 60 heavy (non-hydrogen) atoms. The molecule has 13 nitrogen and oxygen atoms in total. The summed E-state index contributed by atoms with van der Waals surface area (Å²) in [5.74, 6) is -3.81. The van der Waals surface area contributed by atoms with Crippen molar-refractivity contribution in [2.45, 2.75) is 64.1 Å². The first-order valence-electron chi connectivity index (χ1n) is 20.1. The lowest BCUT2D eigenvalue weighted by molar-refractivity contribution is -0.142. The summed E-state index contributed by atoms with van der Waals surface area (Å²) in [4.78, 5) is 93.8. The molecule has 0 aliphatic carbocycles. The van der Waals surface area contributed by atoms with Gasteiger partial charge in [-0.2, -0.15) is 0 Å². The van der Waals surface area contributed by atoms with Crippen LogP contribution in [0.1, 0.15) is 58.8 Å². The van der Waals surface area contributed by atoms with Crippen molar-refractivity contribution in [3.63, 3.8) is 0 Å². The fourth-order valence-corrected chi connectivity index (χ4v) is 7.74. The number of carboxylic acids is 1. The second-order valence-corrected chi connectivity index (χ2v) is 15.4. The van der Waals surface area contributed by atoms with Gasteiger partial charge in [0.05, 0.1) is 11.8 Å². The largest absolute Gasteiger partial charge is 0.480 e. The van der Waals surface area contributed by atoms with E-state index in [-0.39, 0.29) is 50.6 Å². The van der Waals surface area contributed by atoms with Gasteiger partial charge >= 0.3 is 5.97 Å². The Labute approximate surface area is 348 Å². The topological polar surface area (TPSA) is 191 Å². The molecule has 2 heterocycles. The zero-order valence-corrected chi connectivity index (χ0v) is 33.4. The van der Waals surface area contributed by atoms with E-state index in [9.17, 15) is 38.7 Å². The average molecular weight is 812 g/mol. The zero-order valence-electron chi connectivity index (χ0n) is 33.4. The summed E-state index contributed by atoms with van der Waals surface area (Å²) in [6, 6.07) is 29.0. The average Bonchev–Trinajstić information content (AvgIpc) is 3.24. The lowest BCUT2D eigenvalue weighted by Crippen LogP contribution is -2.58. The number of carboxylic acid groups (broad SMARTS) is 1. The smallest absolute Gasteiger partial charge is 0.326 e. The van der Waals surface area contributed by atoms with Gasteiger partial charge in [-0.15, -0.1) is 0 Å². The molecule has 2 bridgehead atoms. The molecule has 6 rings (SSSR count). The van der Waals surface area contributed by atoms with Gasteiger partial charge in [0.2, 0.25) is 29.5 Å². The van der Waals surface area contributed by atoms with Crippen LogP contribution in [0.15, 0.2) is 115 Å². The SMILES string of the molecule is CC(=O)c1ccc(-c2ccc(C[C@@H]3NC(=O)[C@]4(Cc5ccccc5)CCCN(C4)C(=O)/C=C/C(=O)NCC[C@@H](C(=O)O)NC(=O)Cc4ccccc4CNC3=O)cc2)cc1. The molecule has 2 aliphatic rings. The molecule has 5 N–H and O–H groups in total. The Bertz CT molecular complexity index is 2260. The molecular formula is C47H49N5O8. The molecule has 5 amide bonds. The van der Waals surface area contributed by atoms with Crippen LogP contribution < -0.4 is 21.3 Å². The highest BCUT2D eigenvalue weighted by atomic mass is 16.4. The van der Waals surface area contributed by atoms with Crippen LogP contribution in [0.3, 0.4) is 0 Å². The quantitative estimate of drug-likeness (QED) is 0.174. The van der Waals surface area contributed by atoms with E-state index in [0.717, 1.165) is 34.4 Å². The van der Waals surface area contributed by atoms with Gasteiger partial charge in [-0.25, -0.2) is 4.79 Å². The van der Waals surface area contributed by atoms with Crippen molar-refractivity contribution in [3.8, 4) is 11.1 Å². The molecule has 0 saturated carbocycles. The highest BCUT2D eigenvalue weighted by Gasteiger charge is 2.44. The lowest BCUT2D eigenvalue weighted by Gasteiger charge is -2.42. The van der Waals surface area contributed by atoms with E-state index in [1.807, 2.05) is 66.7 Å². The van der Waals surface area contributed by atoms with Gasteiger partial charge in [0.25, 0.3) is 0 Å². The van der Waals surface area contributed by atoms with Crippen molar-refractivity contribution in [2.24, 2.45) is 5.41 Å². The van der Waals surface area contributed by atoms with E-state index in [1.54, 1.807) is 36.4 Å². The van der Waals surface area contributed by atoms with E-state index >= 15 is 0 Å². The molecule has 4 aromatic rings. The van der Waals surface area contributed by atoms with Crippen LogP contribution in [0, 0.1) is 5.41 Å². The summed E-state index contributed by atoms with van der Waals surface area (Å²) in [6.45, 7) is 1.84. The van der Waals surface area contributed by atoms with Crippen LogP contribution in [0.25, 0.3) is 11.1 Å². The standard InChI is InChI=1S/C47H49N5O8/c1-31(53)34-16-18-36(19-17-34)35-14-12-32(13-15-35)26-40-44(57)49-29-38-11-6-5-10-37(38)27-42(55)50-39(45(58)59)22-24-48-41(54)20-21-43(56)52-25-7-23-47(30-52,46(60)51-40)28-33-8-3-2-4-9-33/h2-6,8-21,39-40H,7,22-30H2,1H3,(H,48,54)(H,49,57)(H,50,55)(H,51,60)(H,58,59)/b21-20+/t39-,40-,47-/m0/s1. The van der Waals surface area contributed by atoms with Gasteiger partial charge in [-0.1, -0.05) is 103 Å². The number of ketones is 1. The Morgan fingerprint density at radius 2 is 1.43 bits per heavy atom. The Morgan fingerprint density at radius 1 is 0.767 bits per heavy atom. The van der Waals surface area contributed by atoms with Crippen LogP contribution in [0.4, 0.5) is 0 Å². The summed E-state index contributed by atoms with van der Waals surface area (Å²) in [5, 5.41) is 20.9. The van der Waals surface area contributed by atoms with Crippen molar-refractivity contribution < 1.29 is 38.7 Å². The molecule has 310 valence electrons. The Morgan fingerprint density at radius 3 is 2.12 bits per heavy atom. The maximum Gasteiger partial charge on any atom is 0.326 e. The Kier molecular flexibility index (Phi) is 14.0. The molecule has 1 saturated heterocycles. The van der Waals surface area contributed by atoms with Crippen LogP contribution in [-0.4, -0.2) is 83.0 Å². The third kappa shape index (κ3) is 11.2. The maximum absolute atomic E-state index is 14.8. The predicted octanol–water partition coefficient (Wildman–Crippen LogP) is 3.94. The predicted molar refractivity (Wildman–Crippen MR) is 224 cm³/mol. The number of carbonyl (C=O) groups is 7. The van der Waals surface area contributed by atoms with Crippen LogP contribution in [0.5, 0.6) is 0 Å². The zero-order chi connectivity index (χ0) is 42.6. The second-order valence-electron chi connectivity index (χ2n) is 15.4. The van der Waals surface area contributed by atoms with Crippen molar-refractivity contribution in [1.82, 2.24) is 26.2 Å². The molecule has 13 heteroatoms. The number of nitrogens with one attached hydrogen (secondary N) is 4. The highest BCUT2D eigenvalue weighted by molar-refractivity contribution is 5.98. The summed E-state index contributed by atoms with van der Waals surface area (Å²) >= 11 is 0. The minimum Gasteiger partial charge on any atom is -0.480 e. The van der Waals surface area contributed by atoms with Crippen LogP contribution >= 0.6 is 0 Å². The number of Topliss-reactive ketones (excluding diaryl/α,β-unsaturated/α-hetero) is 1. The minimum atomic E-state index is -1.29. The summed E-state index contributed by atoms with van der Waals surface area (Å²) in [7, 11) is 0. The number of amides is 5. The number of carbonyl (C=O) groups excluding carboxylic acids is 6. The number of aliphatic carboxylic acids is 1.